The van der Waals surface area contributed by atoms with Gasteiger partial charge in [0.2, 0.25) is 0 Å². The summed E-state index contributed by atoms with van der Waals surface area (Å²) in [6.07, 6.45) is 6.33. The SMILES string of the molecule is N#C/C(=C\c1ccc2ccccc2c1)c1nnc2n1CCCCC2. The van der Waals surface area contributed by atoms with Crippen molar-refractivity contribution < 1.29 is 0 Å². The summed E-state index contributed by atoms with van der Waals surface area (Å²) in [4.78, 5) is 0. The number of hydrogen-bond donors (Lipinski definition) is 0. The summed E-state index contributed by atoms with van der Waals surface area (Å²) in [5, 5.41) is 20.6. The van der Waals surface area contributed by atoms with Crippen molar-refractivity contribution in [2.75, 3.05) is 0 Å². The second-order valence-corrected chi connectivity index (χ2v) is 6.18. The first kappa shape index (κ1) is 14.6. The average Bonchev–Trinajstić information content (AvgIpc) is 2.87. The number of aryl methyl sites for hydroxylation is 1. The van der Waals surface area contributed by atoms with Crippen LogP contribution in [0, 0.1) is 11.3 Å². The van der Waals surface area contributed by atoms with Gasteiger partial charge in [-0.15, -0.1) is 10.2 Å². The number of hydrogen-bond acceptors (Lipinski definition) is 3. The molecule has 1 aromatic heterocycles. The first-order chi connectivity index (χ1) is 11.8. The van der Waals surface area contributed by atoms with Gasteiger partial charge in [-0.05, 0) is 41.3 Å². The van der Waals surface area contributed by atoms with Crippen molar-refractivity contribution in [1.82, 2.24) is 14.8 Å². The molecule has 0 aliphatic carbocycles. The second-order valence-electron chi connectivity index (χ2n) is 6.18. The topological polar surface area (TPSA) is 54.5 Å². The minimum absolute atomic E-state index is 0.575. The smallest absolute Gasteiger partial charge is 0.174 e. The van der Waals surface area contributed by atoms with Crippen LogP contribution in [0.15, 0.2) is 42.5 Å². The lowest BCUT2D eigenvalue weighted by Crippen LogP contribution is -2.05. The minimum Gasteiger partial charge on any atom is -0.310 e. The molecule has 0 atom stereocenters. The van der Waals surface area contributed by atoms with Gasteiger partial charge in [0.05, 0.1) is 5.57 Å². The third-order valence-electron chi connectivity index (χ3n) is 4.56. The number of nitrogens with zero attached hydrogens (tertiary/aromatic N) is 4. The third kappa shape index (κ3) is 2.69. The van der Waals surface area contributed by atoms with Crippen LogP contribution in [-0.4, -0.2) is 14.8 Å². The van der Waals surface area contributed by atoms with Crippen molar-refractivity contribution in [2.45, 2.75) is 32.2 Å². The van der Waals surface area contributed by atoms with Crippen LogP contribution < -0.4 is 0 Å². The largest absolute Gasteiger partial charge is 0.310 e. The van der Waals surface area contributed by atoms with Crippen molar-refractivity contribution >= 4 is 22.4 Å². The van der Waals surface area contributed by atoms with E-state index in [2.05, 4.69) is 45.1 Å². The van der Waals surface area contributed by atoms with Gasteiger partial charge >= 0.3 is 0 Å². The van der Waals surface area contributed by atoms with Crippen molar-refractivity contribution in [3.63, 3.8) is 0 Å². The van der Waals surface area contributed by atoms with E-state index in [4.69, 9.17) is 0 Å². The number of fused-ring (bicyclic) bond motifs is 2. The van der Waals surface area contributed by atoms with Crippen molar-refractivity contribution in [3.05, 3.63) is 59.7 Å². The highest BCUT2D eigenvalue weighted by molar-refractivity contribution is 5.91. The van der Waals surface area contributed by atoms with Crippen LogP contribution in [0.4, 0.5) is 0 Å². The molecule has 1 aliphatic rings. The molecule has 1 aliphatic heterocycles. The van der Waals surface area contributed by atoms with Crippen molar-refractivity contribution in [3.8, 4) is 6.07 Å². The molecule has 4 heteroatoms. The molecule has 2 heterocycles. The van der Waals surface area contributed by atoms with Gasteiger partial charge in [0.15, 0.2) is 5.82 Å². The highest BCUT2D eigenvalue weighted by atomic mass is 15.3. The zero-order chi connectivity index (χ0) is 16.4. The molecule has 0 saturated heterocycles. The van der Waals surface area contributed by atoms with E-state index in [9.17, 15) is 5.26 Å². The first-order valence-electron chi connectivity index (χ1n) is 8.38. The summed E-state index contributed by atoms with van der Waals surface area (Å²) < 4.78 is 2.11. The zero-order valence-corrected chi connectivity index (χ0v) is 13.4. The molecule has 4 nitrogen and oxygen atoms in total. The maximum absolute atomic E-state index is 9.64. The fourth-order valence-corrected chi connectivity index (χ4v) is 3.30. The van der Waals surface area contributed by atoms with Gasteiger partial charge in [0.1, 0.15) is 11.9 Å². The van der Waals surface area contributed by atoms with E-state index in [0.717, 1.165) is 37.2 Å². The summed E-state index contributed by atoms with van der Waals surface area (Å²) in [6, 6.07) is 16.8. The van der Waals surface area contributed by atoms with E-state index in [1.165, 1.54) is 17.2 Å². The highest BCUT2D eigenvalue weighted by Gasteiger charge is 2.17. The van der Waals surface area contributed by atoms with Crippen LogP contribution in [0.3, 0.4) is 0 Å². The maximum atomic E-state index is 9.64. The van der Waals surface area contributed by atoms with E-state index in [-0.39, 0.29) is 0 Å². The molecule has 0 unspecified atom stereocenters. The fraction of sp³-hybridized carbons (Fsp3) is 0.250. The number of allylic oxidation sites excluding steroid dienone is 1. The predicted octanol–water partition coefficient (Wildman–Crippen LogP) is 4.22. The van der Waals surface area contributed by atoms with Gasteiger partial charge in [-0.25, -0.2) is 0 Å². The lowest BCUT2D eigenvalue weighted by Gasteiger charge is -2.06. The minimum atomic E-state index is 0.575. The van der Waals surface area contributed by atoms with Crippen LogP contribution in [0.1, 0.15) is 36.5 Å². The Morgan fingerprint density at radius 1 is 1.04 bits per heavy atom. The monoisotopic (exact) mass is 314 g/mol. The standard InChI is InChI=1S/C20H18N4/c21-14-18(20-23-22-19-8-2-1-5-11-24(19)20)13-15-9-10-16-6-3-4-7-17(16)12-15/h3-4,6-7,9-10,12-13H,1-2,5,8,11H2/b18-13+. The van der Waals surface area contributed by atoms with E-state index in [1.807, 2.05) is 24.3 Å². The zero-order valence-electron chi connectivity index (χ0n) is 13.4. The van der Waals surface area contributed by atoms with Gasteiger partial charge in [0, 0.05) is 13.0 Å². The van der Waals surface area contributed by atoms with Gasteiger partial charge in [0.25, 0.3) is 0 Å². The van der Waals surface area contributed by atoms with Crippen molar-refractivity contribution in [2.24, 2.45) is 0 Å². The van der Waals surface area contributed by atoms with Gasteiger partial charge in [-0.3, -0.25) is 0 Å². The summed E-state index contributed by atoms with van der Waals surface area (Å²) >= 11 is 0. The van der Waals surface area contributed by atoms with Gasteiger partial charge in [-0.1, -0.05) is 42.8 Å². The molecule has 0 bridgehead atoms. The van der Waals surface area contributed by atoms with E-state index in [0.29, 0.717) is 11.4 Å². The Balaban J connectivity index is 1.76. The Kier molecular flexibility index (Phi) is 3.84. The lowest BCUT2D eigenvalue weighted by atomic mass is 10.1. The summed E-state index contributed by atoms with van der Waals surface area (Å²) in [5.74, 6) is 1.70. The highest BCUT2D eigenvalue weighted by Crippen LogP contribution is 2.23. The molecule has 0 fully saturated rings. The normalized spacial score (nSPS) is 14.9. The van der Waals surface area contributed by atoms with Crippen LogP contribution in [0.25, 0.3) is 22.4 Å². The molecule has 3 aromatic rings. The quantitative estimate of drug-likeness (QED) is 0.665. The maximum Gasteiger partial charge on any atom is 0.174 e. The van der Waals surface area contributed by atoms with Crippen molar-refractivity contribution in [1.29, 1.82) is 5.26 Å². The Bertz CT molecular complexity index is 959. The van der Waals surface area contributed by atoms with E-state index in [1.54, 1.807) is 0 Å². The molecular weight excluding hydrogens is 296 g/mol. The molecule has 0 N–H and O–H groups in total. The van der Waals surface area contributed by atoms with Crippen LogP contribution in [0.2, 0.25) is 0 Å². The molecule has 0 radical (unpaired) electrons. The van der Waals surface area contributed by atoms with E-state index < -0.39 is 0 Å². The molecule has 2 aromatic carbocycles. The van der Waals surface area contributed by atoms with Crippen LogP contribution in [0.5, 0.6) is 0 Å². The molecule has 0 saturated carbocycles. The predicted molar refractivity (Wildman–Crippen MR) is 95.0 cm³/mol. The number of nitriles is 1. The molecule has 0 amide bonds. The average molecular weight is 314 g/mol. The first-order valence-corrected chi connectivity index (χ1v) is 8.38. The molecule has 4 rings (SSSR count). The molecule has 24 heavy (non-hydrogen) atoms. The summed E-state index contributed by atoms with van der Waals surface area (Å²) in [6.45, 7) is 0.897. The van der Waals surface area contributed by atoms with Crippen LogP contribution >= 0.6 is 0 Å². The third-order valence-corrected chi connectivity index (χ3v) is 4.56. The Labute approximate surface area is 141 Å². The Morgan fingerprint density at radius 2 is 1.92 bits per heavy atom. The van der Waals surface area contributed by atoms with E-state index >= 15 is 0 Å². The summed E-state index contributed by atoms with van der Waals surface area (Å²) in [5.41, 5.74) is 1.59. The van der Waals surface area contributed by atoms with Gasteiger partial charge < -0.3 is 4.57 Å². The van der Waals surface area contributed by atoms with Crippen LogP contribution in [-0.2, 0) is 13.0 Å². The Hall–Kier alpha value is -2.93. The molecule has 0 spiro atoms. The Morgan fingerprint density at radius 3 is 2.79 bits per heavy atom. The summed E-state index contributed by atoms with van der Waals surface area (Å²) in [7, 11) is 0. The fourth-order valence-electron chi connectivity index (χ4n) is 3.30. The molecular formula is C20H18N4. The van der Waals surface area contributed by atoms with Gasteiger partial charge in [-0.2, -0.15) is 5.26 Å². The number of benzene rings is 2. The molecule has 118 valence electrons. The second kappa shape index (κ2) is 6.29. The number of rotatable bonds is 2. The lowest BCUT2D eigenvalue weighted by molar-refractivity contribution is 0.627. The number of aromatic nitrogens is 3.